The summed E-state index contributed by atoms with van der Waals surface area (Å²) >= 11 is 0. The zero-order valence-corrected chi connectivity index (χ0v) is 12.2. The summed E-state index contributed by atoms with van der Waals surface area (Å²) in [5, 5.41) is 6.38. The number of rotatable bonds is 7. The summed E-state index contributed by atoms with van der Waals surface area (Å²) in [5.41, 5.74) is 3.96. The molecule has 0 saturated carbocycles. The van der Waals surface area contributed by atoms with Gasteiger partial charge < -0.3 is 15.4 Å². The molecule has 2 N–H and O–H groups in total. The molecule has 0 bridgehead atoms. The van der Waals surface area contributed by atoms with Crippen molar-refractivity contribution in [1.82, 2.24) is 5.32 Å². The SMILES string of the molecule is CCCOCC(=O)NCCc1cccc2c1NCCC2. The maximum Gasteiger partial charge on any atom is 0.246 e. The first-order chi connectivity index (χ1) is 9.81. The van der Waals surface area contributed by atoms with Crippen molar-refractivity contribution in [2.75, 3.05) is 31.6 Å². The van der Waals surface area contributed by atoms with Crippen molar-refractivity contribution in [1.29, 1.82) is 0 Å². The quantitative estimate of drug-likeness (QED) is 0.750. The Balaban J connectivity index is 1.78. The summed E-state index contributed by atoms with van der Waals surface area (Å²) in [6.07, 6.45) is 4.14. The second-order valence-corrected chi connectivity index (χ2v) is 5.13. The Labute approximate surface area is 120 Å². The normalized spacial score (nSPS) is 13.4. The van der Waals surface area contributed by atoms with Crippen molar-refractivity contribution >= 4 is 11.6 Å². The second kappa shape index (κ2) is 7.90. The van der Waals surface area contributed by atoms with Crippen LogP contribution >= 0.6 is 0 Å². The molecule has 110 valence electrons. The number of para-hydroxylation sites is 1. The lowest BCUT2D eigenvalue weighted by Gasteiger charge is -2.21. The minimum atomic E-state index is -0.0313. The summed E-state index contributed by atoms with van der Waals surface area (Å²) in [7, 11) is 0. The molecule has 20 heavy (non-hydrogen) atoms. The van der Waals surface area contributed by atoms with Gasteiger partial charge in [-0.2, -0.15) is 0 Å². The molecule has 1 amide bonds. The standard InChI is InChI=1S/C16H24N2O2/c1-2-11-20-12-15(19)17-10-8-14-6-3-5-13-7-4-9-18-16(13)14/h3,5-6,18H,2,4,7-12H2,1H3,(H,17,19). The van der Waals surface area contributed by atoms with Crippen LogP contribution in [0.2, 0.25) is 0 Å². The van der Waals surface area contributed by atoms with E-state index in [0.717, 1.165) is 25.8 Å². The number of amides is 1. The Kier molecular flexibility index (Phi) is 5.87. The number of carbonyl (C=O) groups excluding carboxylic acids is 1. The van der Waals surface area contributed by atoms with Crippen LogP contribution in [0.3, 0.4) is 0 Å². The zero-order chi connectivity index (χ0) is 14.2. The Hall–Kier alpha value is -1.55. The van der Waals surface area contributed by atoms with Gasteiger partial charge in [-0.1, -0.05) is 25.1 Å². The van der Waals surface area contributed by atoms with E-state index in [2.05, 4.69) is 28.8 Å². The van der Waals surface area contributed by atoms with E-state index in [1.54, 1.807) is 0 Å². The lowest BCUT2D eigenvalue weighted by atomic mass is 9.98. The summed E-state index contributed by atoms with van der Waals surface area (Å²) in [6.45, 7) is 4.54. The van der Waals surface area contributed by atoms with E-state index in [4.69, 9.17) is 4.74 Å². The van der Waals surface area contributed by atoms with E-state index in [0.29, 0.717) is 13.2 Å². The van der Waals surface area contributed by atoms with Crippen molar-refractivity contribution in [3.8, 4) is 0 Å². The molecule has 1 aromatic carbocycles. The molecule has 1 aliphatic rings. The van der Waals surface area contributed by atoms with Crippen LogP contribution in [0.5, 0.6) is 0 Å². The molecular weight excluding hydrogens is 252 g/mol. The van der Waals surface area contributed by atoms with Gasteiger partial charge >= 0.3 is 0 Å². The fraction of sp³-hybridized carbons (Fsp3) is 0.562. The van der Waals surface area contributed by atoms with E-state index in [1.165, 1.54) is 23.2 Å². The molecule has 2 rings (SSSR count). The van der Waals surface area contributed by atoms with E-state index in [-0.39, 0.29) is 12.5 Å². The Morgan fingerprint density at radius 1 is 1.45 bits per heavy atom. The number of benzene rings is 1. The van der Waals surface area contributed by atoms with Crippen LogP contribution < -0.4 is 10.6 Å². The molecule has 0 aromatic heterocycles. The van der Waals surface area contributed by atoms with Gasteiger partial charge in [-0.3, -0.25) is 4.79 Å². The number of hydrogen-bond acceptors (Lipinski definition) is 3. The third-order valence-corrected chi connectivity index (χ3v) is 3.46. The highest BCUT2D eigenvalue weighted by atomic mass is 16.5. The lowest BCUT2D eigenvalue weighted by molar-refractivity contribution is -0.125. The molecule has 4 nitrogen and oxygen atoms in total. The van der Waals surface area contributed by atoms with Crippen molar-refractivity contribution in [3.63, 3.8) is 0 Å². The number of nitrogens with one attached hydrogen (secondary N) is 2. The summed E-state index contributed by atoms with van der Waals surface area (Å²) in [5.74, 6) is -0.0313. The lowest BCUT2D eigenvalue weighted by Crippen LogP contribution is -2.29. The highest BCUT2D eigenvalue weighted by molar-refractivity contribution is 5.77. The molecule has 4 heteroatoms. The van der Waals surface area contributed by atoms with Crippen LogP contribution in [0.1, 0.15) is 30.9 Å². The third kappa shape index (κ3) is 4.23. The largest absolute Gasteiger partial charge is 0.385 e. The molecule has 0 fully saturated rings. The van der Waals surface area contributed by atoms with Crippen LogP contribution in [-0.2, 0) is 22.4 Å². The molecule has 0 spiro atoms. The third-order valence-electron chi connectivity index (χ3n) is 3.46. The van der Waals surface area contributed by atoms with Gasteiger partial charge in [0.05, 0.1) is 0 Å². The highest BCUT2D eigenvalue weighted by Crippen LogP contribution is 2.26. The van der Waals surface area contributed by atoms with Crippen molar-refractivity contribution < 1.29 is 9.53 Å². The van der Waals surface area contributed by atoms with E-state index >= 15 is 0 Å². The molecule has 0 atom stereocenters. The van der Waals surface area contributed by atoms with E-state index in [9.17, 15) is 4.79 Å². The smallest absolute Gasteiger partial charge is 0.246 e. The first-order valence-electron chi connectivity index (χ1n) is 7.50. The Morgan fingerprint density at radius 2 is 2.35 bits per heavy atom. The number of aryl methyl sites for hydroxylation is 1. The van der Waals surface area contributed by atoms with Crippen LogP contribution in [0.25, 0.3) is 0 Å². The number of anilines is 1. The van der Waals surface area contributed by atoms with Crippen LogP contribution in [0.4, 0.5) is 5.69 Å². The molecule has 1 heterocycles. The van der Waals surface area contributed by atoms with E-state index in [1.807, 2.05) is 6.92 Å². The predicted octanol–water partition coefficient (Wildman–Crippen LogP) is 2.13. The van der Waals surface area contributed by atoms with E-state index < -0.39 is 0 Å². The van der Waals surface area contributed by atoms with Crippen LogP contribution in [0.15, 0.2) is 18.2 Å². The molecule has 0 saturated heterocycles. The molecule has 0 unspecified atom stereocenters. The minimum Gasteiger partial charge on any atom is -0.385 e. The number of fused-ring (bicyclic) bond motifs is 1. The summed E-state index contributed by atoms with van der Waals surface area (Å²) in [4.78, 5) is 11.5. The average Bonchev–Trinajstić information content (AvgIpc) is 2.48. The zero-order valence-electron chi connectivity index (χ0n) is 12.2. The highest BCUT2D eigenvalue weighted by Gasteiger charge is 2.12. The fourth-order valence-electron chi connectivity index (χ4n) is 2.49. The second-order valence-electron chi connectivity index (χ2n) is 5.13. The number of hydrogen-bond donors (Lipinski definition) is 2. The van der Waals surface area contributed by atoms with Gasteiger partial charge in [0.15, 0.2) is 0 Å². The van der Waals surface area contributed by atoms with Gasteiger partial charge in [0, 0.05) is 25.4 Å². The van der Waals surface area contributed by atoms with Crippen molar-refractivity contribution in [3.05, 3.63) is 29.3 Å². The Bertz CT molecular complexity index is 446. The van der Waals surface area contributed by atoms with Gasteiger partial charge in [-0.05, 0) is 36.8 Å². The van der Waals surface area contributed by atoms with Crippen LogP contribution in [-0.4, -0.2) is 32.2 Å². The summed E-state index contributed by atoms with van der Waals surface area (Å²) in [6, 6.07) is 6.42. The topological polar surface area (TPSA) is 50.4 Å². The maximum absolute atomic E-state index is 11.5. The van der Waals surface area contributed by atoms with Gasteiger partial charge in [0.1, 0.15) is 6.61 Å². The molecule has 0 radical (unpaired) electrons. The maximum atomic E-state index is 11.5. The monoisotopic (exact) mass is 276 g/mol. The Morgan fingerprint density at radius 3 is 3.20 bits per heavy atom. The average molecular weight is 276 g/mol. The van der Waals surface area contributed by atoms with Crippen LogP contribution in [0, 0.1) is 0 Å². The molecule has 0 aliphatic carbocycles. The van der Waals surface area contributed by atoms with Crippen molar-refractivity contribution in [2.45, 2.75) is 32.6 Å². The number of carbonyl (C=O) groups is 1. The molecule has 1 aromatic rings. The first kappa shape index (κ1) is 14.9. The molecule has 1 aliphatic heterocycles. The van der Waals surface area contributed by atoms with Gasteiger partial charge in [0.2, 0.25) is 5.91 Å². The van der Waals surface area contributed by atoms with Gasteiger partial charge in [-0.15, -0.1) is 0 Å². The van der Waals surface area contributed by atoms with Gasteiger partial charge in [-0.25, -0.2) is 0 Å². The van der Waals surface area contributed by atoms with Gasteiger partial charge in [0.25, 0.3) is 0 Å². The number of ether oxygens (including phenoxy) is 1. The predicted molar refractivity (Wildman–Crippen MR) is 81.1 cm³/mol. The summed E-state index contributed by atoms with van der Waals surface area (Å²) < 4.78 is 5.21. The fourth-order valence-corrected chi connectivity index (χ4v) is 2.49. The molecular formula is C16H24N2O2. The van der Waals surface area contributed by atoms with Crippen molar-refractivity contribution in [2.24, 2.45) is 0 Å². The minimum absolute atomic E-state index is 0.0313. The first-order valence-corrected chi connectivity index (χ1v) is 7.50.